The molecule has 0 radical (unpaired) electrons. The van der Waals surface area contributed by atoms with Crippen molar-refractivity contribution in [1.82, 2.24) is 9.88 Å². The van der Waals surface area contributed by atoms with E-state index in [0.29, 0.717) is 13.0 Å². The maximum atomic E-state index is 12.0. The van der Waals surface area contributed by atoms with Gasteiger partial charge in [0, 0.05) is 37.1 Å². The first-order chi connectivity index (χ1) is 11.2. The van der Waals surface area contributed by atoms with Gasteiger partial charge in [0.25, 0.3) is 0 Å². The van der Waals surface area contributed by atoms with Crippen LogP contribution in [0.15, 0.2) is 60.8 Å². The highest BCUT2D eigenvalue weighted by Gasteiger charge is 2.07. The van der Waals surface area contributed by atoms with Gasteiger partial charge in [0.05, 0.1) is 0 Å². The minimum Gasteiger partial charge on any atom is -0.352 e. The van der Waals surface area contributed by atoms with E-state index in [4.69, 9.17) is 0 Å². The van der Waals surface area contributed by atoms with E-state index in [1.165, 1.54) is 16.5 Å². The zero-order chi connectivity index (χ0) is 16.1. The molecule has 0 saturated carbocycles. The second kappa shape index (κ2) is 7.14. The van der Waals surface area contributed by atoms with E-state index >= 15 is 0 Å². The van der Waals surface area contributed by atoms with Gasteiger partial charge in [-0.3, -0.25) is 4.79 Å². The van der Waals surface area contributed by atoms with Crippen LogP contribution in [-0.4, -0.2) is 10.5 Å². The van der Waals surface area contributed by atoms with E-state index in [2.05, 4.69) is 47.4 Å². The van der Waals surface area contributed by atoms with E-state index in [9.17, 15) is 4.79 Å². The molecule has 0 saturated heterocycles. The smallest absolute Gasteiger partial charge is 0.220 e. The Hall–Kier alpha value is -2.55. The maximum Gasteiger partial charge on any atom is 0.220 e. The van der Waals surface area contributed by atoms with Crippen molar-refractivity contribution in [2.45, 2.75) is 25.8 Å². The summed E-state index contributed by atoms with van der Waals surface area (Å²) in [4.78, 5) is 12.0. The number of carbonyl (C=O) groups is 1. The Labute approximate surface area is 136 Å². The number of fused-ring (bicyclic) bond motifs is 1. The molecule has 0 spiro atoms. The maximum absolute atomic E-state index is 12.0. The van der Waals surface area contributed by atoms with Gasteiger partial charge in [0.1, 0.15) is 0 Å². The standard InChI is InChI=1S/C20H22N2O/c1-22-15-17(18-11-5-6-12-19(18)22)10-7-13-20(23)21-14-16-8-3-2-4-9-16/h2-6,8-9,11-12,15H,7,10,13-14H2,1H3,(H,21,23). The van der Waals surface area contributed by atoms with E-state index in [-0.39, 0.29) is 5.91 Å². The molecule has 1 aromatic heterocycles. The van der Waals surface area contributed by atoms with E-state index in [1.807, 2.05) is 30.3 Å². The normalized spacial score (nSPS) is 10.8. The predicted octanol–water partition coefficient (Wildman–Crippen LogP) is 3.82. The van der Waals surface area contributed by atoms with Gasteiger partial charge in [-0.2, -0.15) is 0 Å². The van der Waals surface area contributed by atoms with Crippen LogP contribution in [0.5, 0.6) is 0 Å². The van der Waals surface area contributed by atoms with Gasteiger partial charge in [0.2, 0.25) is 5.91 Å². The van der Waals surface area contributed by atoms with Gasteiger partial charge in [-0.05, 0) is 30.0 Å². The molecule has 3 heteroatoms. The molecule has 1 heterocycles. The SMILES string of the molecule is Cn1cc(CCCC(=O)NCc2ccccc2)c2ccccc21. The Balaban J connectivity index is 1.50. The lowest BCUT2D eigenvalue weighted by Gasteiger charge is -2.05. The zero-order valence-corrected chi connectivity index (χ0v) is 13.5. The first kappa shape index (κ1) is 15.3. The summed E-state index contributed by atoms with van der Waals surface area (Å²) >= 11 is 0. The minimum atomic E-state index is 0.120. The Bertz CT molecular complexity index is 790. The van der Waals surface area contributed by atoms with Gasteiger partial charge in [-0.15, -0.1) is 0 Å². The van der Waals surface area contributed by atoms with Gasteiger partial charge in [-0.1, -0.05) is 48.5 Å². The van der Waals surface area contributed by atoms with E-state index in [0.717, 1.165) is 18.4 Å². The topological polar surface area (TPSA) is 34.0 Å². The molecule has 0 fully saturated rings. The first-order valence-electron chi connectivity index (χ1n) is 8.07. The summed E-state index contributed by atoms with van der Waals surface area (Å²) in [5, 5.41) is 4.27. The molecule has 23 heavy (non-hydrogen) atoms. The van der Waals surface area contributed by atoms with Crippen LogP contribution in [0, 0.1) is 0 Å². The van der Waals surface area contributed by atoms with Crippen molar-refractivity contribution >= 4 is 16.8 Å². The van der Waals surface area contributed by atoms with Crippen LogP contribution in [0.25, 0.3) is 10.9 Å². The number of aryl methyl sites for hydroxylation is 2. The largest absolute Gasteiger partial charge is 0.352 e. The fraction of sp³-hybridized carbons (Fsp3) is 0.250. The fourth-order valence-electron chi connectivity index (χ4n) is 2.95. The highest BCUT2D eigenvalue weighted by Crippen LogP contribution is 2.21. The number of rotatable bonds is 6. The van der Waals surface area contributed by atoms with Gasteiger partial charge in [0.15, 0.2) is 0 Å². The fourth-order valence-corrected chi connectivity index (χ4v) is 2.95. The van der Waals surface area contributed by atoms with Crippen molar-refractivity contribution in [3.05, 3.63) is 71.9 Å². The number of carbonyl (C=O) groups excluding carboxylic acids is 1. The number of nitrogens with one attached hydrogen (secondary N) is 1. The summed E-state index contributed by atoms with van der Waals surface area (Å²) in [5.41, 5.74) is 3.70. The predicted molar refractivity (Wildman–Crippen MR) is 94.1 cm³/mol. The summed E-state index contributed by atoms with van der Waals surface area (Å²) in [5.74, 6) is 0.120. The quantitative estimate of drug-likeness (QED) is 0.738. The van der Waals surface area contributed by atoms with Crippen molar-refractivity contribution in [3.8, 4) is 0 Å². The zero-order valence-electron chi connectivity index (χ0n) is 13.5. The number of nitrogens with zero attached hydrogens (tertiary/aromatic N) is 1. The molecule has 0 aliphatic heterocycles. The van der Waals surface area contributed by atoms with Gasteiger partial charge >= 0.3 is 0 Å². The lowest BCUT2D eigenvalue weighted by Crippen LogP contribution is -2.22. The summed E-state index contributed by atoms with van der Waals surface area (Å²) in [6.45, 7) is 0.605. The van der Waals surface area contributed by atoms with Crippen LogP contribution < -0.4 is 5.32 Å². The Kier molecular flexibility index (Phi) is 4.77. The summed E-state index contributed by atoms with van der Waals surface area (Å²) in [6, 6.07) is 18.4. The third-order valence-electron chi connectivity index (χ3n) is 4.16. The number of hydrogen-bond acceptors (Lipinski definition) is 1. The molecule has 0 aliphatic rings. The number of para-hydroxylation sites is 1. The summed E-state index contributed by atoms with van der Waals surface area (Å²) in [6.07, 6.45) is 4.54. The van der Waals surface area contributed by atoms with Gasteiger partial charge in [-0.25, -0.2) is 0 Å². The summed E-state index contributed by atoms with van der Waals surface area (Å²) < 4.78 is 2.15. The average molecular weight is 306 g/mol. The molecule has 3 rings (SSSR count). The Morgan fingerprint density at radius 3 is 2.61 bits per heavy atom. The van der Waals surface area contributed by atoms with Gasteiger partial charge < -0.3 is 9.88 Å². The Morgan fingerprint density at radius 1 is 1.04 bits per heavy atom. The molecular formula is C20H22N2O. The number of aromatic nitrogens is 1. The molecule has 0 bridgehead atoms. The van der Waals surface area contributed by atoms with Crippen molar-refractivity contribution in [1.29, 1.82) is 0 Å². The monoisotopic (exact) mass is 306 g/mol. The van der Waals surface area contributed by atoms with E-state index in [1.54, 1.807) is 0 Å². The molecule has 3 aromatic rings. The third-order valence-corrected chi connectivity index (χ3v) is 4.16. The van der Waals surface area contributed by atoms with Crippen molar-refractivity contribution < 1.29 is 4.79 Å². The van der Waals surface area contributed by atoms with Crippen LogP contribution in [-0.2, 0) is 24.8 Å². The molecule has 1 N–H and O–H groups in total. The molecule has 1 amide bonds. The van der Waals surface area contributed by atoms with Crippen molar-refractivity contribution in [2.24, 2.45) is 7.05 Å². The number of hydrogen-bond donors (Lipinski definition) is 1. The first-order valence-corrected chi connectivity index (χ1v) is 8.07. The van der Waals surface area contributed by atoms with E-state index < -0.39 is 0 Å². The number of amides is 1. The molecule has 118 valence electrons. The highest BCUT2D eigenvalue weighted by molar-refractivity contribution is 5.84. The van der Waals surface area contributed by atoms with Crippen LogP contribution in [0.3, 0.4) is 0 Å². The average Bonchev–Trinajstić information content (AvgIpc) is 2.91. The molecule has 3 nitrogen and oxygen atoms in total. The third kappa shape index (κ3) is 3.81. The lowest BCUT2D eigenvalue weighted by atomic mass is 10.1. The molecule has 0 atom stereocenters. The lowest BCUT2D eigenvalue weighted by molar-refractivity contribution is -0.121. The summed E-state index contributed by atoms with van der Waals surface area (Å²) in [7, 11) is 2.07. The molecule has 0 aliphatic carbocycles. The molecular weight excluding hydrogens is 284 g/mol. The second-order valence-electron chi connectivity index (χ2n) is 5.90. The molecule has 2 aromatic carbocycles. The minimum absolute atomic E-state index is 0.120. The van der Waals surface area contributed by atoms with Crippen LogP contribution in [0.2, 0.25) is 0 Å². The Morgan fingerprint density at radius 2 is 1.78 bits per heavy atom. The van der Waals surface area contributed by atoms with Crippen LogP contribution >= 0.6 is 0 Å². The molecule has 0 unspecified atom stereocenters. The van der Waals surface area contributed by atoms with Crippen molar-refractivity contribution in [2.75, 3.05) is 0 Å². The van der Waals surface area contributed by atoms with Crippen LogP contribution in [0.1, 0.15) is 24.0 Å². The van der Waals surface area contributed by atoms with Crippen molar-refractivity contribution in [3.63, 3.8) is 0 Å². The number of benzene rings is 2. The highest BCUT2D eigenvalue weighted by atomic mass is 16.1. The second-order valence-corrected chi connectivity index (χ2v) is 5.90. The van der Waals surface area contributed by atoms with Crippen LogP contribution in [0.4, 0.5) is 0 Å².